The molecule has 0 fully saturated rings. The number of carboxylic acid groups (broad SMARTS) is 2. The molecule has 108 valence electrons. The standard InChI is InChI=1S/C11H12O3.C4H6O2/c1-14-8-10(11(12)13)7-9-5-3-2-4-6-9;1-3(2)4(5)6/h2-7H,8H2,1H3,(H,12,13);1H2,2H3,(H,5,6). The van der Waals surface area contributed by atoms with E-state index in [0.29, 0.717) is 0 Å². The molecule has 0 saturated heterocycles. The van der Waals surface area contributed by atoms with Crippen molar-refractivity contribution in [3.8, 4) is 0 Å². The molecule has 0 unspecified atom stereocenters. The molecule has 0 amide bonds. The van der Waals surface area contributed by atoms with Crippen molar-refractivity contribution in [1.29, 1.82) is 0 Å². The van der Waals surface area contributed by atoms with Crippen molar-refractivity contribution in [1.82, 2.24) is 0 Å². The van der Waals surface area contributed by atoms with Crippen LogP contribution in [0.4, 0.5) is 0 Å². The second-order valence-corrected chi connectivity index (χ2v) is 3.90. The molecule has 1 aromatic carbocycles. The van der Waals surface area contributed by atoms with E-state index in [9.17, 15) is 9.59 Å². The molecule has 1 rings (SSSR count). The predicted molar refractivity (Wildman–Crippen MR) is 76.4 cm³/mol. The van der Waals surface area contributed by atoms with Crippen molar-refractivity contribution in [2.24, 2.45) is 0 Å². The van der Waals surface area contributed by atoms with Gasteiger partial charge < -0.3 is 14.9 Å². The van der Waals surface area contributed by atoms with Crippen LogP contribution in [0.5, 0.6) is 0 Å². The Morgan fingerprint density at radius 2 is 1.70 bits per heavy atom. The fraction of sp³-hybridized carbons (Fsp3) is 0.200. The van der Waals surface area contributed by atoms with Crippen molar-refractivity contribution < 1.29 is 24.5 Å². The first kappa shape index (κ1) is 17.6. The predicted octanol–water partition coefficient (Wildman–Crippen LogP) is 2.45. The summed E-state index contributed by atoms with van der Waals surface area (Å²) in [6, 6.07) is 9.29. The Bertz CT molecular complexity index is 476. The van der Waals surface area contributed by atoms with Crippen LogP contribution in [0.2, 0.25) is 0 Å². The minimum absolute atomic E-state index is 0.115. The molecule has 1 aromatic rings. The molecule has 0 heterocycles. The van der Waals surface area contributed by atoms with Gasteiger partial charge in [0.05, 0.1) is 12.2 Å². The lowest BCUT2D eigenvalue weighted by Gasteiger charge is -2.00. The van der Waals surface area contributed by atoms with E-state index in [1.807, 2.05) is 30.3 Å². The maximum Gasteiger partial charge on any atom is 0.333 e. The van der Waals surface area contributed by atoms with Crippen LogP contribution in [0, 0.1) is 0 Å². The number of ether oxygens (including phenoxy) is 1. The van der Waals surface area contributed by atoms with Crippen molar-refractivity contribution in [2.45, 2.75) is 6.92 Å². The van der Waals surface area contributed by atoms with E-state index >= 15 is 0 Å². The van der Waals surface area contributed by atoms with Gasteiger partial charge in [-0.15, -0.1) is 0 Å². The van der Waals surface area contributed by atoms with Crippen molar-refractivity contribution in [2.75, 3.05) is 13.7 Å². The van der Waals surface area contributed by atoms with Crippen LogP contribution in [0.15, 0.2) is 48.1 Å². The zero-order valence-corrected chi connectivity index (χ0v) is 11.5. The molecule has 5 heteroatoms. The Kier molecular flexibility index (Phi) is 8.38. The Balaban J connectivity index is 0.000000511. The molecule has 5 nitrogen and oxygen atoms in total. The molecular weight excluding hydrogens is 260 g/mol. The van der Waals surface area contributed by atoms with E-state index in [1.165, 1.54) is 14.0 Å². The van der Waals surface area contributed by atoms with Gasteiger partial charge in [-0.05, 0) is 18.6 Å². The highest BCUT2D eigenvalue weighted by Crippen LogP contribution is 2.06. The van der Waals surface area contributed by atoms with E-state index in [2.05, 4.69) is 6.58 Å². The number of benzene rings is 1. The van der Waals surface area contributed by atoms with E-state index in [1.54, 1.807) is 6.08 Å². The van der Waals surface area contributed by atoms with Gasteiger partial charge in [-0.3, -0.25) is 0 Å². The highest BCUT2D eigenvalue weighted by Gasteiger charge is 2.05. The second-order valence-electron chi connectivity index (χ2n) is 3.90. The third kappa shape index (κ3) is 7.84. The summed E-state index contributed by atoms with van der Waals surface area (Å²) >= 11 is 0. The van der Waals surface area contributed by atoms with Gasteiger partial charge in [0.1, 0.15) is 0 Å². The first-order valence-corrected chi connectivity index (χ1v) is 5.75. The summed E-state index contributed by atoms with van der Waals surface area (Å²) < 4.78 is 4.79. The van der Waals surface area contributed by atoms with Crippen LogP contribution in [-0.4, -0.2) is 35.9 Å². The molecule has 0 aliphatic rings. The first-order valence-electron chi connectivity index (χ1n) is 5.75. The van der Waals surface area contributed by atoms with Crippen molar-refractivity contribution in [3.05, 3.63) is 53.6 Å². The summed E-state index contributed by atoms with van der Waals surface area (Å²) in [6.45, 7) is 4.72. The maximum atomic E-state index is 10.7. The molecule has 2 N–H and O–H groups in total. The van der Waals surface area contributed by atoms with E-state index < -0.39 is 11.9 Å². The fourth-order valence-corrected chi connectivity index (χ4v) is 1.07. The number of carbonyl (C=O) groups is 2. The highest BCUT2D eigenvalue weighted by molar-refractivity contribution is 5.92. The lowest BCUT2D eigenvalue weighted by Crippen LogP contribution is -2.06. The number of aliphatic carboxylic acids is 2. The van der Waals surface area contributed by atoms with Crippen LogP contribution in [-0.2, 0) is 14.3 Å². The normalized spacial score (nSPS) is 10.2. The van der Waals surface area contributed by atoms with Gasteiger partial charge in [0.25, 0.3) is 0 Å². The minimum Gasteiger partial charge on any atom is -0.478 e. The van der Waals surface area contributed by atoms with Gasteiger partial charge in [-0.2, -0.15) is 0 Å². The topological polar surface area (TPSA) is 83.8 Å². The zero-order valence-electron chi connectivity index (χ0n) is 11.5. The Morgan fingerprint density at radius 1 is 1.20 bits per heavy atom. The SMILES string of the molecule is C=C(C)C(=O)O.COCC(=Cc1ccccc1)C(=O)O. The van der Waals surface area contributed by atoms with Crippen LogP contribution in [0.25, 0.3) is 6.08 Å². The van der Waals surface area contributed by atoms with Crippen LogP contribution in [0.3, 0.4) is 0 Å². The summed E-state index contributed by atoms with van der Waals surface area (Å²) in [7, 11) is 1.47. The molecule has 0 aliphatic carbocycles. The number of rotatable bonds is 5. The maximum absolute atomic E-state index is 10.7. The lowest BCUT2D eigenvalue weighted by atomic mass is 10.1. The van der Waals surface area contributed by atoms with Gasteiger partial charge in [-0.25, -0.2) is 9.59 Å². The third-order valence-corrected chi connectivity index (χ3v) is 2.08. The summed E-state index contributed by atoms with van der Waals surface area (Å²) in [6.07, 6.45) is 1.60. The number of hydrogen-bond acceptors (Lipinski definition) is 3. The molecule has 20 heavy (non-hydrogen) atoms. The molecule has 0 aromatic heterocycles. The van der Waals surface area contributed by atoms with Gasteiger partial charge in [-0.1, -0.05) is 36.9 Å². The van der Waals surface area contributed by atoms with Gasteiger partial charge >= 0.3 is 11.9 Å². The largest absolute Gasteiger partial charge is 0.478 e. The average molecular weight is 278 g/mol. The molecule has 0 bridgehead atoms. The quantitative estimate of drug-likeness (QED) is 0.808. The van der Waals surface area contributed by atoms with Crippen molar-refractivity contribution in [3.63, 3.8) is 0 Å². The summed E-state index contributed by atoms with van der Waals surface area (Å²) in [5.41, 5.74) is 1.29. The Labute approximate surface area is 117 Å². The second kappa shape index (κ2) is 9.52. The van der Waals surface area contributed by atoms with Crippen LogP contribution < -0.4 is 0 Å². The molecule has 0 radical (unpaired) electrons. The lowest BCUT2D eigenvalue weighted by molar-refractivity contribution is -0.133. The molecular formula is C15H18O5. The van der Waals surface area contributed by atoms with E-state index in [0.717, 1.165) is 5.56 Å². The van der Waals surface area contributed by atoms with Gasteiger partial charge in [0.2, 0.25) is 0 Å². The molecule has 0 spiro atoms. The van der Waals surface area contributed by atoms with Crippen LogP contribution in [0.1, 0.15) is 12.5 Å². The molecule has 0 atom stereocenters. The fourth-order valence-electron chi connectivity index (χ4n) is 1.07. The van der Waals surface area contributed by atoms with E-state index in [4.69, 9.17) is 14.9 Å². The average Bonchev–Trinajstić information content (AvgIpc) is 2.40. The summed E-state index contributed by atoms with van der Waals surface area (Å²) in [5, 5.41) is 16.7. The smallest absolute Gasteiger partial charge is 0.333 e. The first-order chi connectivity index (χ1) is 9.38. The van der Waals surface area contributed by atoms with Gasteiger partial charge in [0.15, 0.2) is 0 Å². The van der Waals surface area contributed by atoms with Crippen molar-refractivity contribution >= 4 is 18.0 Å². The van der Waals surface area contributed by atoms with Gasteiger partial charge in [0, 0.05) is 12.7 Å². The molecule has 0 aliphatic heterocycles. The zero-order chi connectivity index (χ0) is 15.5. The third-order valence-electron chi connectivity index (χ3n) is 2.08. The van der Waals surface area contributed by atoms with Crippen LogP contribution >= 0.6 is 0 Å². The minimum atomic E-state index is -0.948. The Hall–Kier alpha value is -2.40. The number of methoxy groups -OCH3 is 1. The Morgan fingerprint density at radius 3 is 2.05 bits per heavy atom. The monoisotopic (exact) mass is 278 g/mol. The number of carboxylic acids is 2. The highest BCUT2D eigenvalue weighted by atomic mass is 16.5. The van der Waals surface area contributed by atoms with E-state index in [-0.39, 0.29) is 17.8 Å². The summed E-state index contributed by atoms with van der Waals surface area (Å²) in [5.74, 6) is -1.88. The number of hydrogen-bond donors (Lipinski definition) is 2. The molecule has 0 saturated carbocycles. The summed E-state index contributed by atoms with van der Waals surface area (Å²) in [4.78, 5) is 20.3.